The molecule has 0 aromatic carbocycles. The molecule has 84 valence electrons. The maximum absolute atomic E-state index is 4.35. The van der Waals surface area contributed by atoms with Crippen LogP contribution in [0.2, 0.25) is 0 Å². The maximum atomic E-state index is 4.35. The topological polar surface area (TPSA) is 33.1 Å². The van der Waals surface area contributed by atoms with Gasteiger partial charge in [-0.05, 0) is 19.5 Å². The second-order valence-corrected chi connectivity index (χ2v) is 4.57. The van der Waals surface area contributed by atoms with Crippen LogP contribution < -0.4 is 5.32 Å². The molecule has 2 rings (SSSR count). The Labute approximate surface area is 91.3 Å². The Morgan fingerprint density at radius 3 is 2.93 bits per heavy atom. The van der Waals surface area contributed by atoms with Gasteiger partial charge in [0.1, 0.15) is 5.82 Å². The molecule has 15 heavy (non-hydrogen) atoms. The maximum Gasteiger partial charge on any atom is 0.122 e. The van der Waals surface area contributed by atoms with E-state index in [2.05, 4.69) is 33.7 Å². The highest BCUT2D eigenvalue weighted by atomic mass is 15.2. The first-order valence-electron chi connectivity index (χ1n) is 5.55. The first kappa shape index (κ1) is 10.6. The smallest absolute Gasteiger partial charge is 0.122 e. The van der Waals surface area contributed by atoms with Crippen molar-refractivity contribution in [1.29, 1.82) is 0 Å². The van der Waals surface area contributed by atoms with Crippen LogP contribution in [0, 0.1) is 5.92 Å². The molecule has 2 unspecified atom stereocenters. The summed E-state index contributed by atoms with van der Waals surface area (Å²) in [6.45, 7) is 5.47. The molecule has 0 aliphatic carbocycles. The van der Waals surface area contributed by atoms with Crippen LogP contribution in [0.5, 0.6) is 0 Å². The lowest BCUT2D eigenvalue weighted by Crippen LogP contribution is -2.37. The van der Waals surface area contributed by atoms with Gasteiger partial charge in [0.05, 0.1) is 6.54 Å². The Balaban J connectivity index is 1.97. The molecule has 1 N–H and O–H groups in total. The average molecular weight is 208 g/mol. The summed E-state index contributed by atoms with van der Waals surface area (Å²) in [7, 11) is 4.23. The van der Waals surface area contributed by atoms with E-state index in [1.807, 2.05) is 19.4 Å². The number of aryl methyl sites for hydroxylation is 1. The Hall–Kier alpha value is -0.870. The van der Waals surface area contributed by atoms with Gasteiger partial charge in [0, 0.05) is 32.0 Å². The van der Waals surface area contributed by atoms with E-state index in [9.17, 15) is 0 Å². The second kappa shape index (κ2) is 4.33. The fourth-order valence-corrected chi connectivity index (χ4v) is 2.28. The van der Waals surface area contributed by atoms with Gasteiger partial charge in [-0.3, -0.25) is 4.90 Å². The van der Waals surface area contributed by atoms with Crippen molar-refractivity contribution in [3.8, 4) is 0 Å². The van der Waals surface area contributed by atoms with E-state index in [4.69, 9.17) is 0 Å². The third kappa shape index (κ3) is 2.21. The van der Waals surface area contributed by atoms with Gasteiger partial charge in [0.25, 0.3) is 0 Å². The Morgan fingerprint density at radius 2 is 2.40 bits per heavy atom. The number of hydrogen-bond donors (Lipinski definition) is 1. The quantitative estimate of drug-likeness (QED) is 0.783. The van der Waals surface area contributed by atoms with Gasteiger partial charge in [-0.1, -0.05) is 6.92 Å². The van der Waals surface area contributed by atoms with Crippen molar-refractivity contribution in [1.82, 2.24) is 19.8 Å². The van der Waals surface area contributed by atoms with Crippen LogP contribution in [-0.2, 0) is 13.6 Å². The standard InChI is InChI=1S/C11H20N4/c1-9-6-12-7-10(9)15(3)8-11-13-4-5-14(11)2/h4-5,9-10,12H,6-8H2,1-3H3. The van der Waals surface area contributed by atoms with E-state index >= 15 is 0 Å². The van der Waals surface area contributed by atoms with Crippen molar-refractivity contribution in [3.05, 3.63) is 18.2 Å². The van der Waals surface area contributed by atoms with E-state index in [0.29, 0.717) is 6.04 Å². The number of aromatic nitrogens is 2. The van der Waals surface area contributed by atoms with Crippen molar-refractivity contribution in [2.45, 2.75) is 19.5 Å². The van der Waals surface area contributed by atoms with Crippen LogP contribution >= 0.6 is 0 Å². The highest BCUT2D eigenvalue weighted by Gasteiger charge is 2.26. The summed E-state index contributed by atoms with van der Waals surface area (Å²) in [6, 6.07) is 0.640. The number of imidazole rings is 1. The molecule has 0 bridgehead atoms. The average Bonchev–Trinajstić information content (AvgIpc) is 2.76. The van der Waals surface area contributed by atoms with Crippen LogP contribution in [0.15, 0.2) is 12.4 Å². The molecule has 2 atom stereocenters. The van der Waals surface area contributed by atoms with Crippen LogP contribution in [0.25, 0.3) is 0 Å². The zero-order valence-corrected chi connectivity index (χ0v) is 9.77. The number of likely N-dealkylation sites (N-methyl/N-ethyl adjacent to an activating group) is 1. The summed E-state index contributed by atoms with van der Waals surface area (Å²) in [5, 5.41) is 3.43. The molecule has 0 radical (unpaired) electrons. The third-order valence-corrected chi connectivity index (χ3v) is 3.35. The number of nitrogens with zero attached hydrogens (tertiary/aromatic N) is 3. The fraction of sp³-hybridized carbons (Fsp3) is 0.727. The van der Waals surface area contributed by atoms with Gasteiger partial charge < -0.3 is 9.88 Å². The van der Waals surface area contributed by atoms with Gasteiger partial charge in [0.15, 0.2) is 0 Å². The summed E-state index contributed by atoms with van der Waals surface area (Å²) in [5.41, 5.74) is 0. The second-order valence-electron chi connectivity index (χ2n) is 4.57. The number of rotatable bonds is 3. The highest BCUT2D eigenvalue weighted by Crippen LogP contribution is 2.15. The molecule has 0 spiro atoms. The molecule has 2 heterocycles. The SMILES string of the molecule is CC1CNCC1N(C)Cc1nccn1C. The van der Waals surface area contributed by atoms with E-state index < -0.39 is 0 Å². The molecular formula is C11H20N4. The minimum atomic E-state index is 0.640. The lowest BCUT2D eigenvalue weighted by atomic mass is 10.1. The summed E-state index contributed by atoms with van der Waals surface area (Å²) in [5.74, 6) is 1.87. The highest BCUT2D eigenvalue weighted by molar-refractivity contribution is 4.93. The molecule has 1 aromatic rings. The van der Waals surface area contributed by atoms with Crippen LogP contribution in [-0.4, -0.2) is 40.6 Å². The third-order valence-electron chi connectivity index (χ3n) is 3.35. The van der Waals surface area contributed by atoms with E-state index in [1.165, 1.54) is 0 Å². The molecule has 0 saturated carbocycles. The summed E-state index contributed by atoms with van der Waals surface area (Å²) in [6.07, 6.45) is 3.86. The molecule has 4 heteroatoms. The summed E-state index contributed by atoms with van der Waals surface area (Å²) in [4.78, 5) is 6.75. The number of nitrogens with one attached hydrogen (secondary N) is 1. The zero-order chi connectivity index (χ0) is 10.8. The normalized spacial score (nSPS) is 26.4. The molecular weight excluding hydrogens is 188 g/mol. The minimum Gasteiger partial charge on any atom is -0.337 e. The van der Waals surface area contributed by atoms with Crippen molar-refractivity contribution < 1.29 is 0 Å². The first-order chi connectivity index (χ1) is 7.18. The van der Waals surface area contributed by atoms with Crippen molar-refractivity contribution in [2.24, 2.45) is 13.0 Å². The predicted octanol–water partition coefficient (Wildman–Crippen LogP) is 0.460. The summed E-state index contributed by atoms with van der Waals surface area (Å²) >= 11 is 0. The lowest BCUT2D eigenvalue weighted by molar-refractivity contribution is 0.205. The molecule has 1 aromatic heterocycles. The molecule has 0 amide bonds. The molecule has 1 aliphatic heterocycles. The summed E-state index contributed by atoms with van der Waals surface area (Å²) < 4.78 is 2.09. The van der Waals surface area contributed by atoms with E-state index in [-0.39, 0.29) is 0 Å². The van der Waals surface area contributed by atoms with Crippen molar-refractivity contribution >= 4 is 0 Å². The van der Waals surface area contributed by atoms with Crippen LogP contribution in [0.4, 0.5) is 0 Å². The Bertz CT molecular complexity index is 320. The van der Waals surface area contributed by atoms with Crippen LogP contribution in [0.3, 0.4) is 0 Å². The largest absolute Gasteiger partial charge is 0.337 e. The number of hydrogen-bond acceptors (Lipinski definition) is 3. The van der Waals surface area contributed by atoms with Crippen LogP contribution in [0.1, 0.15) is 12.7 Å². The molecule has 1 fully saturated rings. The predicted molar refractivity (Wildman–Crippen MR) is 60.5 cm³/mol. The molecule has 1 aliphatic rings. The van der Waals surface area contributed by atoms with Crippen molar-refractivity contribution in [3.63, 3.8) is 0 Å². The Kier molecular flexibility index (Phi) is 3.07. The van der Waals surface area contributed by atoms with Crippen molar-refractivity contribution in [2.75, 3.05) is 20.1 Å². The lowest BCUT2D eigenvalue weighted by Gasteiger charge is -2.26. The molecule has 1 saturated heterocycles. The van der Waals surface area contributed by atoms with Gasteiger partial charge in [-0.25, -0.2) is 4.98 Å². The Morgan fingerprint density at radius 1 is 1.60 bits per heavy atom. The minimum absolute atomic E-state index is 0.640. The van der Waals surface area contributed by atoms with Gasteiger partial charge in [-0.15, -0.1) is 0 Å². The molecule has 4 nitrogen and oxygen atoms in total. The van der Waals surface area contributed by atoms with Gasteiger partial charge in [0.2, 0.25) is 0 Å². The van der Waals surface area contributed by atoms with E-state index in [0.717, 1.165) is 31.4 Å². The van der Waals surface area contributed by atoms with Gasteiger partial charge in [-0.2, -0.15) is 0 Å². The van der Waals surface area contributed by atoms with Gasteiger partial charge >= 0.3 is 0 Å². The first-order valence-corrected chi connectivity index (χ1v) is 5.55. The fourth-order valence-electron chi connectivity index (χ4n) is 2.28. The van der Waals surface area contributed by atoms with E-state index in [1.54, 1.807) is 0 Å². The zero-order valence-electron chi connectivity index (χ0n) is 9.77. The monoisotopic (exact) mass is 208 g/mol.